The highest BCUT2D eigenvalue weighted by atomic mass is 79.9. The number of amides is 3. The maximum atomic E-state index is 13.1. The van der Waals surface area contributed by atoms with Crippen molar-refractivity contribution in [1.29, 1.82) is 0 Å². The molecule has 2 aliphatic heterocycles. The molecule has 6 rings (SSSR count). The van der Waals surface area contributed by atoms with E-state index < -0.39 is 0 Å². The summed E-state index contributed by atoms with van der Waals surface area (Å²) in [6, 6.07) is 14.8. The van der Waals surface area contributed by atoms with Crippen molar-refractivity contribution in [3.05, 3.63) is 64.8 Å². The average molecular weight is 620 g/mol. The number of aromatic nitrogens is 4. The molecule has 2 N–H and O–H groups in total. The quantitative estimate of drug-likeness (QED) is 0.342. The van der Waals surface area contributed by atoms with Crippen LogP contribution in [0.25, 0.3) is 22.4 Å². The molecule has 2 fully saturated rings. The fourth-order valence-electron chi connectivity index (χ4n) is 5.31. The first-order chi connectivity index (χ1) is 20.0. The molecule has 4 heterocycles. The van der Waals surface area contributed by atoms with Gasteiger partial charge in [0.25, 0.3) is 5.91 Å². The Kier molecular flexibility index (Phi) is 7.84. The van der Waals surface area contributed by atoms with Gasteiger partial charge in [-0.05, 0) is 61.4 Å². The van der Waals surface area contributed by atoms with E-state index in [0.29, 0.717) is 43.4 Å². The van der Waals surface area contributed by atoms with E-state index in [1.165, 1.54) is 0 Å². The number of morpholine rings is 1. The zero-order valence-corrected chi connectivity index (χ0v) is 24.3. The third-order valence-electron chi connectivity index (χ3n) is 7.56. The van der Waals surface area contributed by atoms with Crippen LogP contribution >= 0.6 is 15.9 Å². The summed E-state index contributed by atoms with van der Waals surface area (Å²) in [6.07, 6.45) is 3.43. The minimum atomic E-state index is -0.279. The molecule has 0 bridgehead atoms. The lowest BCUT2D eigenvalue weighted by Crippen LogP contribution is -2.39. The number of ether oxygens (including phenoxy) is 1. The second-order valence-electron chi connectivity index (χ2n) is 10.1. The first kappa shape index (κ1) is 27.2. The molecule has 2 saturated heterocycles. The standard InChI is InChI=1S/C29H31BrN8O3/c1-31-29(40)33-22-8-4-19(5-9-22)25-34-26(36-14-16-41-17-15-36)24-18-32-38(27(24)35-25)23-10-12-37(13-11-23)28(39)20-2-6-21(30)7-3-20/h2-9,18,23H,10-17H2,1H3,(H2,31,33,40). The van der Waals surface area contributed by atoms with Gasteiger partial charge in [0.2, 0.25) is 0 Å². The highest BCUT2D eigenvalue weighted by Crippen LogP contribution is 2.32. The van der Waals surface area contributed by atoms with Crippen molar-refractivity contribution in [3.63, 3.8) is 0 Å². The van der Waals surface area contributed by atoms with Gasteiger partial charge in [-0.1, -0.05) is 15.9 Å². The Labute approximate surface area is 246 Å². The van der Waals surface area contributed by atoms with Gasteiger partial charge in [-0.15, -0.1) is 0 Å². The lowest BCUT2D eigenvalue weighted by atomic mass is 10.0. The van der Waals surface area contributed by atoms with Gasteiger partial charge < -0.3 is 25.2 Å². The number of likely N-dealkylation sites (tertiary alicyclic amines) is 1. The fraction of sp³-hybridized carbons (Fsp3) is 0.345. The van der Waals surface area contributed by atoms with Crippen LogP contribution in [0.4, 0.5) is 16.3 Å². The molecule has 0 atom stereocenters. The first-order valence-electron chi connectivity index (χ1n) is 13.7. The van der Waals surface area contributed by atoms with E-state index in [1.54, 1.807) is 7.05 Å². The maximum Gasteiger partial charge on any atom is 0.318 e. The number of nitrogens with one attached hydrogen (secondary N) is 2. The third kappa shape index (κ3) is 5.75. The zero-order valence-electron chi connectivity index (χ0n) is 22.7. The van der Waals surface area contributed by atoms with Crippen molar-refractivity contribution in [2.24, 2.45) is 0 Å². The number of piperidine rings is 1. The molecule has 0 saturated carbocycles. The summed E-state index contributed by atoms with van der Waals surface area (Å²) >= 11 is 3.43. The molecule has 11 nitrogen and oxygen atoms in total. The molecule has 0 radical (unpaired) electrons. The largest absolute Gasteiger partial charge is 0.378 e. The first-order valence-corrected chi connectivity index (χ1v) is 14.5. The van der Waals surface area contributed by atoms with E-state index in [4.69, 9.17) is 19.8 Å². The number of rotatable bonds is 5. The van der Waals surface area contributed by atoms with Crippen LogP contribution in [0.2, 0.25) is 0 Å². The van der Waals surface area contributed by atoms with Crippen LogP contribution in [-0.2, 0) is 4.74 Å². The molecule has 0 unspecified atom stereocenters. The summed E-state index contributed by atoms with van der Waals surface area (Å²) in [7, 11) is 1.58. The molecule has 12 heteroatoms. The van der Waals surface area contributed by atoms with Gasteiger partial charge in [0, 0.05) is 54.5 Å². The predicted octanol–water partition coefficient (Wildman–Crippen LogP) is 4.32. The van der Waals surface area contributed by atoms with Crippen LogP contribution in [0.3, 0.4) is 0 Å². The van der Waals surface area contributed by atoms with Crippen molar-refractivity contribution in [2.45, 2.75) is 18.9 Å². The Hall–Kier alpha value is -4.03. The Bertz CT molecular complexity index is 1540. The van der Waals surface area contributed by atoms with Crippen molar-refractivity contribution < 1.29 is 14.3 Å². The minimum absolute atomic E-state index is 0.0508. The van der Waals surface area contributed by atoms with Crippen LogP contribution in [0.1, 0.15) is 29.2 Å². The van der Waals surface area contributed by atoms with Crippen LogP contribution in [0.5, 0.6) is 0 Å². The molecule has 3 amide bonds. The van der Waals surface area contributed by atoms with Crippen LogP contribution < -0.4 is 15.5 Å². The molecular formula is C29H31BrN8O3. The van der Waals surface area contributed by atoms with Crippen LogP contribution in [0, 0.1) is 0 Å². The normalized spacial score (nSPS) is 16.1. The zero-order chi connectivity index (χ0) is 28.3. The number of carbonyl (C=O) groups excluding carboxylic acids is 2. The monoisotopic (exact) mass is 618 g/mol. The Morgan fingerprint density at radius 2 is 1.66 bits per heavy atom. The fourth-order valence-corrected chi connectivity index (χ4v) is 5.57. The van der Waals surface area contributed by atoms with Crippen molar-refractivity contribution in [2.75, 3.05) is 56.7 Å². The average Bonchev–Trinajstić information content (AvgIpc) is 3.45. The van der Waals surface area contributed by atoms with Gasteiger partial charge in [0.15, 0.2) is 11.5 Å². The molecule has 2 aliphatic rings. The number of hydrogen-bond donors (Lipinski definition) is 2. The second kappa shape index (κ2) is 11.8. The summed E-state index contributed by atoms with van der Waals surface area (Å²) in [4.78, 5) is 38.9. The number of nitrogens with zero attached hydrogens (tertiary/aromatic N) is 6. The SMILES string of the molecule is CNC(=O)Nc1ccc(-c2nc(N3CCOCC3)c3cnn(C4CCN(C(=O)c5ccc(Br)cc5)CC4)c3n2)cc1. The number of anilines is 2. The van der Waals surface area contributed by atoms with Gasteiger partial charge in [0.1, 0.15) is 5.82 Å². The summed E-state index contributed by atoms with van der Waals surface area (Å²) in [6.45, 7) is 4.05. The maximum absolute atomic E-state index is 13.1. The van der Waals surface area contributed by atoms with Gasteiger partial charge in [-0.3, -0.25) is 4.79 Å². The minimum Gasteiger partial charge on any atom is -0.378 e. The number of benzene rings is 2. The van der Waals surface area contributed by atoms with E-state index in [0.717, 1.165) is 52.8 Å². The molecule has 2 aromatic carbocycles. The van der Waals surface area contributed by atoms with E-state index in [2.05, 4.69) is 31.5 Å². The molecule has 212 valence electrons. The Morgan fingerprint density at radius 1 is 0.951 bits per heavy atom. The number of urea groups is 1. The molecule has 41 heavy (non-hydrogen) atoms. The lowest BCUT2D eigenvalue weighted by Gasteiger charge is -2.32. The van der Waals surface area contributed by atoms with Crippen LogP contribution in [0.15, 0.2) is 59.2 Å². The highest BCUT2D eigenvalue weighted by molar-refractivity contribution is 9.10. The van der Waals surface area contributed by atoms with Gasteiger partial charge in [0.05, 0.1) is 30.8 Å². The second-order valence-corrected chi connectivity index (χ2v) is 11.0. The van der Waals surface area contributed by atoms with E-state index in [1.807, 2.05) is 64.3 Å². The topological polar surface area (TPSA) is 118 Å². The molecule has 4 aromatic rings. The van der Waals surface area contributed by atoms with Crippen molar-refractivity contribution in [3.8, 4) is 11.4 Å². The summed E-state index contributed by atoms with van der Waals surface area (Å²) < 4.78 is 8.55. The molecule has 0 aliphatic carbocycles. The Balaban J connectivity index is 1.29. The molecule has 0 spiro atoms. The lowest BCUT2D eigenvalue weighted by molar-refractivity contribution is 0.0691. The van der Waals surface area contributed by atoms with E-state index in [-0.39, 0.29) is 18.0 Å². The van der Waals surface area contributed by atoms with Gasteiger partial charge >= 0.3 is 6.03 Å². The van der Waals surface area contributed by atoms with Gasteiger partial charge in [-0.25, -0.2) is 19.4 Å². The number of hydrogen-bond acceptors (Lipinski definition) is 7. The van der Waals surface area contributed by atoms with E-state index >= 15 is 0 Å². The summed E-state index contributed by atoms with van der Waals surface area (Å²) in [5.74, 6) is 1.49. The van der Waals surface area contributed by atoms with Gasteiger partial charge in [-0.2, -0.15) is 5.10 Å². The van der Waals surface area contributed by atoms with E-state index in [9.17, 15) is 9.59 Å². The van der Waals surface area contributed by atoms with Crippen LogP contribution in [-0.4, -0.2) is 83.0 Å². The van der Waals surface area contributed by atoms with Crippen molar-refractivity contribution in [1.82, 2.24) is 30.0 Å². The molecule has 2 aromatic heterocycles. The third-order valence-corrected chi connectivity index (χ3v) is 8.09. The number of carbonyl (C=O) groups is 2. The number of halogens is 1. The highest BCUT2D eigenvalue weighted by Gasteiger charge is 2.28. The smallest absolute Gasteiger partial charge is 0.318 e. The molecular weight excluding hydrogens is 588 g/mol. The summed E-state index contributed by atoms with van der Waals surface area (Å²) in [5.41, 5.74) is 2.99. The predicted molar refractivity (Wildman–Crippen MR) is 160 cm³/mol. The van der Waals surface area contributed by atoms with Crippen molar-refractivity contribution >= 4 is 50.4 Å². The number of fused-ring (bicyclic) bond motifs is 1. The Morgan fingerprint density at radius 3 is 2.34 bits per heavy atom. The summed E-state index contributed by atoms with van der Waals surface area (Å²) in [5, 5.41) is 11.0.